The smallest absolute Gasteiger partial charge is 0.226 e. The van der Waals surface area contributed by atoms with E-state index in [1.807, 2.05) is 29.7 Å². The fourth-order valence-electron chi connectivity index (χ4n) is 3.09. The average Bonchev–Trinajstić information content (AvgIpc) is 3.14. The molecule has 9 heteroatoms. The van der Waals surface area contributed by atoms with E-state index >= 15 is 0 Å². The highest BCUT2D eigenvalue weighted by atomic mass is 16.5. The number of nitrogen functional groups attached to an aromatic ring is 1. The van der Waals surface area contributed by atoms with Crippen molar-refractivity contribution in [2.75, 3.05) is 30.0 Å². The lowest BCUT2D eigenvalue weighted by Crippen LogP contribution is -2.33. The molecule has 0 saturated heterocycles. The SMILES string of the molecule is COc1cccc(CNc2nc(NCC(C)C(C)(C)O)nc3c2ncn3C(C)C)c1N. The molecule has 0 aliphatic rings. The van der Waals surface area contributed by atoms with Crippen LogP contribution < -0.4 is 21.1 Å². The predicted molar refractivity (Wildman–Crippen MR) is 124 cm³/mol. The number of nitrogens with zero attached hydrogens (tertiary/aromatic N) is 4. The zero-order valence-corrected chi connectivity index (χ0v) is 19.1. The molecule has 0 aliphatic heterocycles. The number of benzene rings is 1. The van der Waals surface area contributed by atoms with Crippen LogP contribution in [0.15, 0.2) is 24.5 Å². The monoisotopic (exact) mass is 427 g/mol. The first kappa shape index (κ1) is 22.6. The Balaban J connectivity index is 1.92. The van der Waals surface area contributed by atoms with Gasteiger partial charge in [-0.3, -0.25) is 0 Å². The lowest BCUT2D eigenvalue weighted by molar-refractivity contribution is 0.0303. The van der Waals surface area contributed by atoms with Gasteiger partial charge in [0.1, 0.15) is 5.75 Å². The van der Waals surface area contributed by atoms with Gasteiger partial charge in [-0.1, -0.05) is 19.1 Å². The number of methoxy groups -OCH3 is 1. The summed E-state index contributed by atoms with van der Waals surface area (Å²) in [6.07, 6.45) is 1.78. The summed E-state index contributed by atoms with van der Waals surface area (Å²) < 4.78 is 7.32. The Labute approximate surface area is 183 Å². The van der Waals surface area contributed by atoms with Crippen molar-refractivity contribution in [3.8, 4) is 5.75 Å². The van der Waals surface area contributed by atoms with Gasteiger partial charge in [-0.2, -0.15) is 9.97 Å². The van der Waals surface area contributed by atoms with E-state index < -0.39 is 5.60 Å². The molecule has 3 aromatic rings. The van der Waals surface area contributed by atoms with Crippen LogP contribution in [-0.2, 0) is 6.54 Å². The lowest BCUT2D eigenvalue weighted by atomic mass is 9.93. The maximum atomic E-state index is 10.2. The summed E-state index contributed by atoms with van der Waals surface area (Å²) in [6.45, 7) is 10.7. The van der Waals surface area contributed by atoms with Gasteiger partial charge in [-0.25, -0.2) is 4.98 Å². The third-order valence-electron chi connectivity index (χ3n) is 5.57. The Morgan fingerprint density at radius 1 is 1.19 bits per heavy atom. The second kappa shape index (κ2) is 8.97. The molecule has 1 unspecified atom stereocenters. The summed E-state index contributed by atoms with van der Waals surface area (Å²) >= 11 is 0. The number of nitrogens with one attached hydrogen (secondary N) is 2. The van der Waals surface area contributed by atoms with Crippen LogP contribution in [-0.4, -0.2) is 43.9 Å². The molecule has 5 N–H and O–H groups in total. The number of fused-ring (bicyclic) bond motifs is 1. The minimum atomic E-state index is -0.804. The van der Waals surface area contributed by atoms with Gasteiger partial charge in [0.25, 0.3) is 0 Å². The summed E-state index contributed by atoms with van der Waals surface area (Å²) in [5.74, 6) is 1.74. The summed E-state index contributed by atoms with van der Waals surface area (Å²) in [7, 11) is 1.60. The summed E-state index contributed by atoms with van der Waals surface area (Å²) in [6, 6.07) is 5.88. The predicted octanol–water partition coefficient (Wildman–Crippen LogP) is 3.43. The largest absolute Gasteiger partial charge is 0.495 e. The number of rotatable bonds is 9. The molecular formula is C22H33N7O2. The average molecular weight is 428 g/mol. The van der Waals surface area contributed by atoms with Crippen LogP contribution in [0.1, 0.15) is 46.2 Å². The molecule has 0 aliphatic carbocycles. The van der Waals surface area contributed by atoms with Crippen LogP contribution in [0.25, 0.3) is 11.2 Å². The van der Waals surface area contributed by atoms with Gasteiger partial charge in [-0.05, 0) is 39.3 Å². The number of aromatic nitrogens is 4. The maximum absolute atomic E-state index is 10.2. The molecule has 2 aromatic heterocycles. The molecule has 168 valence electrons. The molecule has 2 heterocycles. The van der Waals surface area contributed by atoms with Crippen molar-refractivity contribution >= 4 is 28.6 Å². The maximum Gasteiger partial charge on any atom is 0.226 e. The normalized spacial score (nSPS) is 12.9. The van der Waals surface area contributed by atoms with Gasteiger partial charge in [0.15, 0.2) is 17.0 Å². The molecule has 0 amide bonds. The van der Waals surface area contributed by atoms with E-state index in [1.54, 1.807) is 27.3 Å². The highest BCUT2D eigenvalue weighted by molar-refractivity contribution is 5.84. The van der Waals surface area contributed by atoms with Gasteiger partial charge < -0.3 is 30.8 Å². The van der Waals surface area contributed by atoms with Crippen LogP contribution >= 0.6 is 0 Å². The Morgan fingerprint density at radius 2 is 1.94 bits per heavy atom. The van der Waals surface area contributed by atoms with Gasteiger partial charge in [0, 0.05) is 25.0 Å². The second-order valence-corrected chi connectivity index (χ2v) is 8.64. The molecule has 1 aromatic carbocycles. The zero-order chi connectivity index (χ0) is 22.8. The third-order valence-corrected chi connectivity index (χ3v) is 5.57. The van der Waals surface area contributed by atoms with E-state index in [2.05, 4.69) is 39.4 Å². The fraction of sp³-hybridized carbons (Fsp3) is 0.500. The van der Waals surface area contributed by atoms with Crippen LogP contribution in [0, 0.1) is 5.92 Å². The standard InChI is InChI=1S/C22H33N7O2/c1-13(2)29-12-26-18-19(24-11-15-8-7-9-16(31-6)17(15)23)27-21(28-20(18)29)25-10-14(3)22(4,5)30/h7-9,12-14,30H,10-11,23H2,1-6H3,(H2,24,25,27,28). The topological polar surface area (TPSA) is 123 Å². The number of hydrogen-bond donors (Lipinski definition) is 4. The fourth-order valence-corrected chi connectivity index (χ4v) is 3.09. The number of para-hydroxylation sites is 1. The van der Waals surface area contributed by atoms with E-state index in [0.717, 1.165) is 11.2 Å². The minimum absolute atomic E-state index is 0.00907. The lowest BCUT2D eigenvalue weighted by Gasteiger charge is -2.26. The summed E-state index contributed by atoms with van der Waals surface area (Å²) in [5.41, 5.74) is 8.33. The van der Waals surface area contributed by atoms with Crippen LogP contribution in [0.4, 0.5) is 17.5 Å². The van der Waals surface area contributed by atoms with Gasteiger partial charge >= 0.3 is 0 Å². The Hall–Kier alpha value is -3.07. The van der Waals surface area contributed by atoms with Crippen molar-refractivity contribution in [1.82, 2.24) is 19.5 Å². The molecule has 0 radical (unpaired) electrons. The van der Waals surface area contributed by atoms with Crippen molar-refractivity contribution < 1.29 is 9.84 Å². The molecule has 0 fully saturated rings. The summed E-state index contributed by atoms with van der Waals surface area (Å²) in [4.78, 5) is 13.9. The van der Waals surface area contributed by atoms with E-state index in [-0.39, 0.29) is 12.0 Å². The highest BCUT2D eigenvalue weighted by Crippen LogP contribution is 2.28. The molecular weight excluding hydrogens is 394 g/mol. The van der Waals surface area contributed by atoms with Gasteiger partial charge in [0.05, 0.1) is 24.7 Å². The van der Waals surface area contributed by atoms with E-state index in [1.165, 1.54) is 0 Å². The Kier molecular flexibility index (Phi) is 6.54. The second-order valence-electron chi connectivity index (χ2n) is 8.64. The first-order valence-corrected chi connectivity index (χ1v) is 10.5. The van der Waals surface area contributed by atoms with Gasteiger partial charge in [0.2, 0.25) is 5.95 Å². The first-order valence-electron chi connectivity index (χ1n) is 10.5. The van der Waals surface area contributed by atoms with Crippen molar-refractivity contribution in [1.29, 1.82) is 0 Å². The number of ether oxygens (including phenoxy) is 1. The van der Waals surface area contributed by atoms with Crippen LogP contribution in [0.2, 0.25) is 0 Å². The number of aliphatic hydroxyl groups is 1. The number of imidazole rings is 1. The quantitative estimate of drug-likeness (QED) is 0.383. The molecule has 0 spiro atoms. The van der Waals surface area contributed by atoms with E-state index in [4.69, 9.17) is 10.5 Å². The highest BCUT2D eigenvalue weighted by Gasteiger charge is 2.23. The number of nitrogens with two attached hydrogens (primary N) is 1. The zero-order valence-electron chi connectivity index (χ0n) is 19.1. The summed E-state index contributed by atoms with van der Waals surface area (Å²) in [5, 5.41) is 16.8. The third kappa shape index (κ3) is 4.99. The van der Waals surface area contributed by atoms with E-state index in [0.29, 0.717) is 41.8 Å². The molecule has 3 rings (SSSR count). The number of hydrogen-bond acceptors (Lipinski definition) is 8. The molecule has 31 heavy (non-hydrogen) atoms. The van der Waals surface area contributed by atoms with Crippen LogP contribution in [0.3, 0.4) is 0 Å². The minimum Gasteiger partial charge on any atom is -0.495 e. The number of anilines is 3. The van der Waals surface area contributed by atoms with E-state index in [9.17, 15) is 5.11 Å². The Morgan fingerprint density at radius 3 is 2.58 bits per heavy atom. The van der Waals surface area contributed by atoms with Gasteiger partial charge in [-0.15, -0.1) is 0 Å². The van der Waals surface area contributed by atoms with Crippen molar-refractivity contribution in [2.45, 2.75) is 52.8 Å². The molecule has 1 atom stereocenters. The Bertz CT molecular complexity index is 1040. The van der Waals surface area contributed by atoms with Crippen LogP contribution in [0.5, 0.6) is 5.75 Å². The first-order chi connectivity index (χ1) is 14.6. The molecule has 0 saturated carbocycles. The molecule has 0 bridgehead atoms. The van der Waals surface area contributed by atoms with Crippen molar-refractivity contribution in [3.63, 3.8) is 0 Å². The van der Waals surface area contributed by atoms with Crippen molar-refractivity contribution in [3.05, 3.63) is 30.1 Å². The van der Waals surface area contributed by atoms with Crippen molar-refractivity contribution in [2.24, 2.45) is 5.92 Å². The molecule has 9 nitrogen and oxygen atoms in total.